The molecule has 2 atom stereocenters. The molecule has 1 aromatic carbocycles. The maximum Gasteiger partial charge on any atom is 0.224 e. The molecule has 0 saturated heterocycles. The normalized spacial score (nSPS) is 22.9. The van der Waals surface area contributed by atoms with Gasteiger partial charge in [0.1, 0.15) is 5.75 Å². The van der Waals surface area contributed by atoms with E-state index in [0.29, 0.717) is 6.54 Å². The summed E-state index contributed by atoms with van der Waals surface area (Å²) in [4.78, 5) is 12.3. The molecule has 1 amide bonds. The molecule has 2 unspecified atom stereocenters. The fourth-order valence-corrected chi connectivity index (χ4v) is 2.82. The number of hydrogen-bond acceptors (Lipinski definition) is 3. The van der Waals surface area contributed by atoms with Crippen LogP contribution in [0.25, 0.3) is 0 Å². The van der Waals surface area contributed by atoms with Gasteiger partial charge in [0, 0.05) is 18.2 Å². The summed E-state index contributed by atoms with van der Waals surface area (Å²) in [5.41, 5.74) is 7.11. The third kappa shape index (κ3) is 3.73. The number of ether oxygens (including phenoxy) is 1. The molecule has 0 bridgehead atoms. The zero-order valence-corrected chi connectivity index (χ0v) is 12.1. The molecule has 0 spiro atoms. The van der Waals surface area contributed by atoms with Gasteiger partial charge in [-0.1, -0.05) is 37.5 Å². The minimum atomic E-state index is -0.0489. The lowest BCUT2D eigenvalue weighted by Crippen LogP contribution is -2.41. The summed E-state index contributed by atoms with van der Waals surface area (Å²) in [5.74, 6) is 0.829. The van der Waals surface area contributed by atoms with Crippen molar-refractivity contribution in [2.45, 2.75) is 44.7 Å². The summed E-state index contributed by atoms with van der Waals surface area (Å²) >= 11 is 0. The van der Waals surface area contributed by atoms with Gasteiger partial charge in [0.2, 0.25) is 5.91 Å². The average Bonchev–Trinajstić information content (AvgIpc) is 2.69. The minimum Gasteiger partial charge on any atom is -0.496 e. The van der Waals surface area contributed by atoms with Crippen LogP contribution in [0.4, 0.5) is 0 Å². The van der Waals surface area contributed by atoms with Crippen LogP contribution in [0.3, 0.4) is 0 Å². The van der Waals surface area contributed by atoms with Gasteiger partial charge in [0.05, 0.1) is 13.0 Å². The van der Waals surface area contributed by atoms with Gasteiger partial charge in [-0.05, 0) is 18.9 Å². The fraction of sp³-hybridized carbons (Fsp3) is 0.562. The standard InChI is InChI=1S/C16H24N2O2/c1-20-15-10-6-5-7-12(15)11-18-16(19)13-8-3-2-4-9-14(13)17/h5-7,10,13-14H,2-4,8-9,11,17H2,1H3,(H,18,19). The van der Waals surface area contributed by atoms with Crippen molar-refractivity contribution >= 4 is 5.91 Å². The molecule has 0 aromatic heterocycles. The number of methoxy groups -OCH3 is 1. The highest BCUT2D eigenvalue weighted by atomic mass is 16.5. The Morgan fingerprint density at radius 2 is 2.05 bits per heavy atom. The number of benzene rings is 1. The first kappa shape index (κ1) is 14.9. The summed E-state index contributed by atoms with van der Waals surface area (Å²) in [6.07, 6.45) is 5.27. The van der Waals surface area contributed by atoms with Gasteiger partial charge in [-0.25, -0.2) is 0 Å². The van der Waals surface area contributed by atoms with Crippen molar-refractivity contribution < 1.29 is 9.53 Å². The number of carbonyl (C=O) groups is 1. The van der Waals surface area contributed by atoms with Crippen LogP contribution < -0.4 is 15.8 Å². The van der Waals surface area contributed by atoms with Crippen LogP contribution in [0.2, 0.25) is 0 Å². The van der Waals surface area contributed by atoms with Gasteiger partial charge >= 0.3 is 0 Å². The van der Waals surface area contributed by atoms with Crippen molar-refractivity contribution in [2.24, 2.45) is 11.7 Å². The topological polar surface area (TPSA) is 64.3 Å². The van der Waals surface area contributed by atoms with Gasteiger partial charge in [0.25, 0.3) is 0 Å². The van der Waals surface area contributed by atoms with E-state index in [1.807, 2.05) is 24.3 Å². The van der Waals surface area contributed by atoms with Crippen LogP contribution in [-0.4, -0.2) is 19.1 Å². The van der Waals surface area contributed by atoms with Gasteiger partial charge in [0.15, 0.2) is 0 Å². The second-order valence-electron chi connectivity index (χ2n) is 5.44. The Hall–Kier alpha value is -1.55. The molecular weight excluding hydrogens is 252 g/mol. The molecule has 2 rings (SSSR count). The van der Waals surface area contributed by atoms with Crippen molar-refractivity contribution in [3.63, 3.8) is 0 Å². The van der Waals surface area contributed by atoms with E-state index in [2.05, 4.69) is 5.32 Å². The summed E-state index contributed by atoms with van der Waals surface area (Å²) < 4.78 is 5.29. The second-order valence-corrected chi connectivity index (χ2v) is 5.44. The first-order valence-electron chi connectivity index (χ1n) is 7.37. The number of rotatable bonds is 4. The summed E-state index contributed by atoms with van der Waals surface area (Å²) in [5, 5.41) is 3.00. The highest BCUT2D eigenvalue weighted by Gasteiger charge is 2.26. The monoisotopic (exact) mass is 276 g/mol. The number of nitrogens with one attached hydrogen (secondary N) is 1. The third-order valence-electron chi connectivity index (χ3n) is 4.05. The molecule has 4 nitrogen and oxygen atoms in total. The van der Waals surface area contributed by atoms with E-state index in [-0.39, 0.29) is 17.9 Å². The SMILES string of the molecule is COc1ccccc1CNC(=O)C1CCCCCC1N. The highest BCUT2D eigenvalue weighted by molar-refractivity contribution is 5.79. The van der Waals surface area contributed by atoms with Crippen LogP contribution in [0.15, 0.2) is 24.3 Å². The number of carbonyl (C=O) groups excluding carboxylic acids is 1. The summed E-state index contributed by atoms with van der Waals surface area (Å²) in [6.45, 7) is 0.492. The molecule has 1 saturated carbocycles. The first-order chi connectivity index (χ1) is 9.72. The Labute approximate surface area is 120 Å². The highest BCUT2D eigenvalue weighted by Crippen LogP contribution is 2.23. The number of hydrogen-bond donors (Lipinski definition) is 2. The van der Waals surface area contributed by atoms with E-state index in [0.717, 1.165) is 37.0 Å². The van der Waals surface area contributed by atoms with Crippen molar-refractivity contribution in [3.8, 4) is 5.75 Å². The lowest BCUT2D eigenvalue weighted by Gasteiger charge is -2.20. The molecule has 1 aromatic rings. The van der Waals surface area contributed by atoms with E-state index in [1.165, 1.54) is 6.42 Å². The quantitative estimate of drug-likeness (QED) is 0.829. The molecule has 1 aliphatic carbocycles. The first-order valence-corrected chi connectivity index (χ1v) is 7.37. The molecule has 0 radical (unpaired) electrons. The maximum absolute atomic E-state index is 12.3. The zero-order chi connectivity index (χ0) is 14.4. The van der Waals surface area contributed by atoms with Crippen LogP contribution in [-0.2, 0) is 11.3 Å². The summed E-state index contributed by atoms with van der Waals surface area (Å²) in [7, 11) is 1.64. The molecule has 1 aliphatic rings. The number of para-hydroxylation sites is 1. The van der Waals surface area contributed by atoms with Crippen LogP contribution in [0, 0.1) is 5.92 Å². The molecule has 4 heteroatoms. The Morgan fingerprint density at radius 3 is 2.85 bits per heavy atom. The predicted octanol–water partition coefficient (Wildman–Crippen LogP) is 2.22. The van der Waals surface area contributed by atoms with E-state index in [9.17, 15) is 4.79 Å². The predicted molar refractivity (Wildman–Crippen MR) is 79.4 cm³/mol. The maximum atomic E-state index is 12.3. The number of amides is 1. The Kier molecular flexibility index (Phi) is 5.41. The van der Waals surface area contributed by atoms with E-state index in [4.69, 9.17) is 10.5 Å². The smallest absolute Gasteiger partial charge is 0.224 e. The fourth-order valence-electron chi connectivity index (χ4n) is 2.82. The van der Waals surface area contributed by atoms with Crippen LogP contribution in [0.1, 0.15) is 37.7 Å². The van der Waals surface area contributed by atoms with Crippen molar-refractivity contribution in [1.29, 1.82) is 0 Å². The lowest BCUT2D eigenvalue weighted by molar-refractivity contribution is -0.126. The van der Waals surface area contributed by atoms with Crippen molar-refractivity contribution in [1.82, 2.24) is 5.32 Å². The zero-order valence-electron chi connectivity index (χ0n) is 12.1. The molecule has 0 aliphatic heterocycles. The van der Waals surface area contributed by atoms with E-state index in [1.54, 1.807) is 7.11 Å². The lowest BCUT2D eigenvalue weighted by atomic mass is 9.94. The Morgan fingerprint density at radius 1 is 1.30 bits per heavy atom. The Balaban J connectivity index is 1.94. The minimum absolute atomic E-state index is 0.00447. The molecule has 110 valence electrons. The summed E-state index contributed by atoms with van der Waals surface area (Å²) in [6, 6.07) is 7.73. The van der Waals surface area contributed by atoms with Crippen molar-refractivity contribution in [3.05, 3.63) is 29.8 Å². The van der Waals surface area contributed by atoms with Gasteiger partial charge in [-0.15, -0.1) is 0 Å². The average molecular weight is 276 g/mol. The third-order valence-corrected chi connectivity index (χ3v) is 4.05. The number of nitrogens with two attached hydrogens (primary N) is 1. The molecule has 20 heavy (non-hydrogen) atoms. The largest absolute Gasteiger partial charge is 0.496 e. The molecule has 0 heterocycles. The van der Waals surface area contributed by atoms with E-state index >= 15 is 0 Å². The Bertz CT molecular complexity index is 448. The van der Waals surface area contributed by atoms with Gasteiger partial charge in [-0.2, -0.15) is 0 Å². The molecule has 3 N–H and O–H groups in total. The van der Waals surface area contributed by atoms with Crippen molar-refractivity contribution in [2.75, 3.05) is 7.11 Å². The van der Waals surface area contributed by atoms with Crippen LogP contribution >= 0.6 is 0 Å². The second kappa shape index (κ2) is 7.29. The van der Waals surface area contributed by atoms with Gasteiger partial charge < -0.3 is 15.8 Å². The van der Waals surface area contributed by atoms with E-state index < -0.39 is 0 Å². The van der Waals surface area contributed by atoms with Crippen LogP contribution in [0.5, 0.6) is 5.75 Å². The van der Waals surface area contributed by atoms with Gasteiger partial charge in [-0.3, -0.25) is 4.79 Å². The molecular formula is C16H24N2O2. The molecule has 1 fully saturated rings.